The average molecular weight is 208 g/mol. The van der Waals surface area contributed by atoms with Crippen LogP contribution in [0.3, 0.4) is 0 Å². The smallest absolute Gasteiger partial charge is 0.184 e. The third kappa shape index (κ3) is 3.60. The van der Waals surface area contributed by atoms with Crippen molar-refractivity contribution in [3.05, 3.63) is 0 Å². The summed E-state index contributed by atoms with van der Waals surface area (Å²) in [7, 11) is 0. The van der Waals surface area contributed by atoms with Crippen LogP contribution in [0.2, 0.25) is 0 Å². The van der Waals surface area contributed by atoms with E-state index in [-0.39, 0.29) is 17.5 Å². The lowest BCUT2D eigenvalue weighted by molar-refractivity contribution is -0.237. The normalized spacial score (nSPS) is 13.5. The third-order valence-electron chi connectivity index (χ3n) is 1.11. The Balaban J connectivity index is 3.88. The number of alkyl halides is 5. The van der Waals surface area contributed by atoms with Crippen LogP contribution in [-0.4, -0.2) is 17.2 Å². The van der Waals surface area contributed by atoms with Crippen molar-refractivity contribution in [2.24, 2.45) is 0 Å². The molecule has 0 unspecified atom stereocenters. The highest BCUT2D eigenvalue weighted by atomic mass is 32.2. The number of hydrogen-bond acceptors (Lipinski definition) is 1. The molecule has 0 aliphatic heterocycles. The second-order valence-electron chi connectivity index (χ2n) is 2.22. The Morgan fingerprint density at radius 2 is 1.58 bits per heavy atom. The summed E-state index contributed by atoms with van der Waals surface area (Å²) in [6.45, 7) is 1.73. The molecule has 0 aromatic rings. The van der Waals surface area contributed by atoms with Crippen molar-refractivity contribution in [3.63, 3.8) is 0 Å². The van der Waals surface area contributed by atoms with E-state index in [1.54, 1.807) is 6.92 Å². The van der Waals surface area contributed by atoms with E-state index in [4.69, 9.17) is 0 Å². The Hall–Kier alpha value is -0.0000000000000000555. The maximum Gasteiger partial charge on any atom is 0.464 e. The summed E-state index contributed by atoms with van der Waals surface area (Å²) in [5, 5.41) is -4.60. The topological polar surface area (TPSA) is 0 Å². The highest BCUT2D eigenvalue weighted by molar-refractivity contribution is 8.00. The molecule has 0 N–H and O–H groups in total. The molecule has 0 aliphatic rings. The van der Waals surface area contributed by atoms with Crippen molar-refractivity contribution in [1.82, 2.24) is 0 Å². The van der Waals surface area contributed by atoms with E-state index >= 15 is 0 Å². The van der Waals surface area contributed by atoms with Crippen LogP contribution in [0.5, 0.6) is 0 Å². The van der Waals surface area contributed by atoms with Crippen molar-refractivity contribution in [3.8, 4) is 0 Å². The molecular formula is C6H9F5S. The summed E-state index contributed by atoms with van der Waals surface area (Å²) in [6, 6.07) is 0. The zero-order chi connectivity index (χ0) is 9.83. The van der Waals surface area contributed by atoms with E-state index in [9.17, 15) is 22.0 Å². The molecular weight excluding hydrogens is 199 g/mol. The van der Waals surface area contributed by atoms with Gasteiger partial charge in [-0.25, -0.2) is 0 Å². The first-order valence-corrected chi connectivity index (χ1v) is 4.38. The molecule has 0 heterocycles. The molecule has 0 amide bonds. The van der Waals surface area contributed by atoms with Crippen LogP contribution < -0.4 is 0 Å². The van der Waals surface area contributed by atoms with Gasteiger partial charge in [-0.2, -0.15) is 22.0 Å². The zero-order valence-corrected chi connectivity index (χ0v) is 7.24. The first kappa shape index (κ1) is 12.0. The van der Waals surface area contributed by atoms with Crippen LogP contribution >= 0.6 is 11.8 Å². The van der Waals surface area contributed by atoms with Gasteiger partial charge < -0.3 is 0 Å². The summed E-state index contributed by atoms with van der Waals surface area (Å²) in [5.74, 6) is -0.164. The van der Waals surface area contributed by atoms with Gasteiger partial charge in [-0.05, 0) is 12.2 Å². The Morgan fingerprint density at radius 3 is 1.92 bits per heavy atom. The molecule has 74 valence electrons. The Bertz CT molecular complexity index is 130. The van der Waals surface area contributed by atoms with E-state index in [0.29, 0.717) is 12.8 Å². The molecule has 0 rings (SSSR count). The van der Waals surface area contributed by atoms with E-state index in [1.807, 2.05) is 0 Å². The fourth-order valence-corrected chi connectivity index (χ4v) is 1.28. The van der Waals surface area contributed by atoms with Gasteiger partial charge in [0.25, 0.3) is 0 Å². The lowest BCUT2D eigenvalue weighted by Crippen LogP contribution is -2.33. The Labute approximate surface area is 71.5 Å². The van der Waals surface area contributed by atoms with E-state index in [2.05, 4.69) is 0 Å². The number of rotatable bonds is 4. The molecule has 0 spiro atoms. The molecule has 0 atom stereocenters. The van der Waals surface area contributed by atoms with Crippen molar-refractivity contribution in [2.45, 2.75) is 31.2 Å². The van der Waals surface area contributed by atoms with Gasteiger partial charge >= 0.3 is 11.4 Å². The van der Waals surface area contributed by atoms with Crippen LogP contribution in [-0.2, 0) is 0 Å². The van der Waals surface area contributed by atoms with Gasteiger partial charge in [-0.1, -0.05) is 25.1 Å². The number of halogens is 5. The van der Waals surface area contributed by atoms with E-state index in [1.165, 1.54) is 0 Å². The minimum absolute atomic E-state index is 0.164. The highest BCUT2D eigenvalue weighted by Crippen LogP contribution is 2.44. The number of thioether (sulfide) groups is 1. The van der Waals surface area contributed by atoms with Gasteiger partial charge in [0.15, 0.2) is 0 Å². The van der Waals surface area contributed by atoms with Crippen LogP contribution in [0.25, 0.3) is 0 Å². The van der Waals surface area contributed by atoms with Crippen molar-refractivity contribution in [1.29, 1.82) is 0 Å². The van der Waals surface area contributed by atoms with Gasteiger partial charge in [0.1, 0.15) is 0 Å². The van der Waals surface area contributed by atoms with Crippen LogP contribution in [0.4, 0.5) is 22.0 Å². The quantitative estimate of drug-likeness (QED) is 0.501. The lowest BCUT2D eigenvalue weighted by Gasteiger charge is -2.18. The molecule has 6 heteroatoms. The fraction of sp³-hybridized carbons (Fsp3) is 1.00. The fourth-order valence-electron chi connectivity index (χ4n) is 0.427. The molecule has 12 heavy (non-hydrogen) atoms. The van der Waals surface area contributed by atoms with Crippen molar-refractivity contribution >= 4 is 11.8 Å². The maximum atomic E-state index is 12.1. The molecule has 0 radical (unpaired) electrons. The Morgan fingerprint density at radius 1 is 1.08 bits per heavy atom. The van der Waals surface area contributed by atoms with E-state index < -0.39 is 11.4 Å². The average Bonchev–Trinajstić information content (AvgIpc) is 1.85. The summed E-state index contributed by atoms with van der Waals surface area (Å²) >= 11 is -0.348. The minimum Gasteiger partial charge on any atom is -0.184 e. The summed E-state index contributed by atoms with van der Waals surface area (Å²) in [4.78, 5) is 0. The molecule has 0 saturated carbocycles. The van der Waals surface area contributed by atoms with Gasteiger partial charge in [-0.3, -0.25) is 0 Å². The van der Waals surface area contributed by atoms with Crippen molar-refractivity contribution in [2.75, 3.05) is 5.75 Å². The van der Waals surface area contributed by atoms with Crippen LogP contribution in [0.1, 0.15) is 19.8 Å². The second-order valence-corrected chi connectivity index (χ2v) is 3.43. The summed E-state index contributed by atoms with van der Waals surface area (Å²) in [5.41, 5.74) is 0. The van der Waals surface area contributed by atoms with Crippen LogP contribution in [0.15, 0.2) is 0 Å². The predicted molar refractivity (Wildman–Crippen MR) is 38.4 cm³/mol. The molecule has 0 fully saturated rings. The SMILES string of the molecule is CCCCSC(F)(F)C(F)(F)F. The first-order valence-electron chi connectivity index (χ1n) is 3.39. The largest absolute Gasteiger partial charge is 0.464 e. The molecule has 0 saturated heterocycles. The molecule has 0 aliphatic carbocycles. The predicted octanol–water partition coefficient (Wildman–Crippen LogP) is 3.67. The first-order chi connectivity index (χ1) is 5.31. The standard InChI is InChI=1S/C6H9F5S/c1-2-3-4-12-6(10,11)5(7,8)9/h2-4H2,1H3. The van der Waals surface area contributed by atoms with Gasteiger partial charge in [0.05, 0.1) is 0 Å². The van der Waals surface area contributed by atoms with E-state index in [0.717, 1.165) is 0 Å². The van der Waals surface area contributed by atoms with Crippen LogP contribution in [0, 0.1) is 0 Å². The third-order valence-corrected chi connectivity index (χ3v) is 2.20. The zero-order valence-electron chi connectivity index (χ0n) is 6.42. The monoisotopic (exact) mass is 208 g/mol. The van der Waals surface area contributed by atoms with Gasteiger partial charge in [0.2, 0.25) is 0 Å². The summed E-state index contributed by atoms with van der Waals surface area (Å²) in [6.07, 6.45) is -4.44. The number of unbranched alkanes of at least 4 members (excludes halogenated alkanes) is 1. The molecule has 0 aromatic carbocycles. The molecule has 0 bridgehead atoms. The van der Waals surface area contributed by atoms with Gasteiger partial charge in [0, 0.05) is 0 Å². The summed E-state index contributed by atoms with van der Waals surface area (Å²) < 4.78 is 58.7. The second kappa shape index (κ2) is 4.30. The maximum absolute atomic E-state index is 12.1. The van der Waals surface area contributed by atoms with Crippen molar-refractivity contribution < 1.29 is 22.0 Å². The van der Waals surface area contributed by atoms with Gasteiger partial charge in [-0.15, -0.1) is 0 Å². The number of hydrogen-bond donors (Lipinski definition) is 0. The molecule has 0 aromatic heterocycles. The highest BCUT2D eigenvalue weighted by Gasteiger charge is 2.57. The lowest BCUT2D eigenvalue weighted by atomic mass is 10.4. The Kier molecular flexibility index (Phi) is 4.30. The minimum atomic E-state index is -5.43. The molecule has 0 nitrogen and oxygen atoms in total.